The Morgan fingerprint density at radius 3 is 2.70 bits per heavy atom. The van der Waals surface area contributed by atoms with E-state index in [2.05, 4.69) is 4.72 Å². The summed E-state index contributed by atoms with van der Waals surface area (Å²) < 4.78 is 28.3. The van der Waals surface area contributed by atoms with Crippen LogP contribution in [-0.2, 0) is 27.7 Å². The van der Waals surface area contributed by atoms with Gasteiger partial charge in [0.15, 0.2) is 0 Å². The van der Waals surface area contributed by atoms with E-state index >= 15 is 0 Å². The first-order chi connectivity index (χ1) is 12.9. The number of carbonyl (C=O) groups is 1. The first-order valence-electron chi connectivity index (χ1n) is 9.09. The van der Waals surface area contributed by atoms with E-state index < -0.39 is 10.0 Å². The van der Waals surface area contributed by atoms with Crippen LogP contribution >= 0.6 is 11.6 Å². The van der Waals surface area contributed by atoms with Gasteiger partial charge in [-0.05, 0) is 67.1 Å². The highest BCUT2D eigenvalue weighted by molar-refractivity contribution is 7.89. The quantitative estimate of drug-likeness (QED) is 0.831. The molecule has 2 aromatic carbocycles. The molecule has 1 N–H and O–H groups in total. The van der Waals surface area contributed by atoms with Crippen LogP contribution < -0.4 is 9.62 Å². The summed E-state index contributed by atoms with van der Waals surface area (Å²) in [4.78, 5) is 14.5. The minimum Gasteiger partial charge on any atom is -0.311 e. The van der Waals surface area contributed by atoms with E-state index in [-0.39, 0.29) is 16.7 Å². The molecule has 5 nitrogen and oxygen atoms in total. The van der Waals surface area contributed by atoms with Crippen LogP contribution in [0.3, 0.4) is 0 Å². The van der Waals surface area contributed by atoms with Crippen molar-refractivity contribution in [3.8, 4) is 0 Å². The maximum absolute atomic E-state index is 12.8. The highest BCUT2D eigenvalue weighted by Crippen LogP contribution is 2.43. The third-order valence-corrected chi connectivity index (χ3v) is 7.01. The van der Waals surface area contributed by atoms with Crippen LogP contribution in [0.25, 0.3) is 0 Å². The minimum atomic E-state index is -3.63. The molecule has 0 spiro atoms. The SMILES string of the molecule is C[C@@H]1C(=O)N2CCCc3cc(S(=O)(=O)NCCc4ccc(Cl)cc4)cc1c32. The first-order valence-corrected chi connectivity index (χ1v) is 11.0. The number of amides is 1. The van der Waals surface area contributed by atoms with Crippen LogP contribution in [0.4, 0.5) is 5.69 Å². The molecule has 0 bridgehead atoms. The molecule has 0 fully saturated rings. The zero-order chi connectivity index (χ0) is 19.2. The maximum Gasteiger partial charge on any atom is 0.240 e. The van der Waals surface area contributed by atoms with Crippen molar-refractivity contribution >= 4 is 33.2 Å². The molecule has 2 aliphatic heterocycles. The number of carbonyl (C=O) groups excluding carboxylic acids is 1. The van der Waals surface area contributed by atoms with Gasteiger partial charge in [0.25, 0.3) is 0 Å². The van der Waals surface area contributed by atoms with Crippen LogP contribution in [0.15, 0.2) is 41.3 Å². The number of nitrogens with one attached hydrogen (secondary N) is 1. The number of halogens is 1. The van der Waals surface area contributed by atoms with E-state index in [1.807, 2.05) is 24.0 Å². The van der Waals surface area contributed by atoms with E-state index in [0.717, 1.165) is 35.2 Å². The third kappa shape index (κ3) is 3.37. The molecule has 142 valence electrons. The smallest absolute Gasteiger partial charge is 0.240 e. The van der Waals surface area contributed by atoms with Crippen molar-refractivity contribution in [1.82, 2.24) is 4.72 Å². The molecular weight excluding hydrogens is 384 g/mol. The summed E-state index contributed by atoms with van der Waals surface area (Å²) >= 11 is 5.87. The number of benzene rings is 2. The number of hydrogen-bond donors (Lipinski definition) is 1. The lowest BCUT2D eigenvalue weighted by Gasteiger charge is -2.26. The van der Waals surface area contributed by atoms with Crippen LogP contribution in [0.5, 0.6) is 0 Å². The van der Waals surface area contributed by atoms with E-state index in [9.17, 15) is 13.2 Å². The van der Waals surface area contributed by atoms with Crippen molar-refractivity contribution in [3.63, 3.8) is 0 Å². The minimum absolute atomic E-state index is 0.0659. The molecular formula is C20H21ClN2O3S. The number of hydrogen-bond acceptors (Lipinski definition) is 3. The Bertz CT molecular complexity index is 1000. The lowest BCUT2D eigenvalue weighted by molar-refractivity contribution is -0.119. The van der Waals surface area contributed by atoms with Crippen molar-refractivity contribution in [2.45, 2.75) is 37.0 Å². The van der Waals surface area contributed by atoms with Gasteiger partial charge in [0, 0.05) is 18.1 Å². The topological polar surface area (TPSA) is 66.5 Å². The van der Waals surface area contributed by atoms with Crippen LogP contribution in [0, 0.1) is 0 Å². The Balaban J connectivity index is 1.56. The Kier molecular flexibility index (Phi) is 4.74. The molecule has 0 aromatic heterocycles. The summed E-state index contributed by atoms with van der Waals surface area (Å²) in [6, 6.07) is 10.7. The van der Waals surface area contributed by atoms with Crippen molar-refractivity contribution in [1.29, 1.82) is 0 Å². The second-order valence-electron chi connectivity index (χ2n) is 7.11. The summed E-state index contributed by atoms with van der Waals surface area (Å²) in [7, 11) is -3.63. The Morgan fingerprint density at radius 2 is 1.96 bits per heavy atom. The van der Waals surface area contributed by atoms with Gasteiger partial charge in [0.05, 0.1) is 16.5 Å². The summed E-state index contributed by atoms with van der Waals surface area (Å²) in [5, 5.41) is 0.657. The Morgan fingerprint density at radius 1 is 1.22 bits per heavy atom. The Hall–Kier alpha value is -1.89. The molecule has 0 radical (unpaired) electrons. The molecule has 2 heterocycles. The fraction of sp³-hybridized carbons (Fsp3) is 0.350. The lowest BCUT2D eigenvalue weighted by atomic mass is 9.97. The Labute approximate surface area is 164 Å². The highest BCUT2D eigenvalue weighted by Gasteiger charge is 2.38. The van der Waals surface area contributed by atoms with Crippen LogP contribution in [0.2, 0.25) is 5.02 Å². The van der Waals surface area contributed by atoms with Gasteiger partial charge in [-0.1, -0.05) is 23.7 Å². The van der Waals surface area contributed by atoms with Gasteiger partial charge in [-0.15, -0.1) is 0 Å². The van der Waals surface area contributed by atoms with E-state index in [0.29, 0.717) is 24.5 Å². The fourth-order valence-corrected chi connectivity index (χ4v) is 5.13. The molecule has 27 heavy (non-hydrogen) atoms. The summed E-state index contributed by atoms with van der Waals surface area (Å²) in [5.74, 6) is -0.225. The molecule has 7 heteroatoms. The zero-order valence-electron chi connectivity index (χ0n) is 15.0. The monoisotopic (exact) mass is 404 g/mol. The summed E-state index contributed by atoms with van der Waals surface area (Å²) in [6.07, 6.45) is 2.24. The number of sulfonamides is 1. The van der Waals surface area contributed by atoms with E-state index in [1.54, 1.807) is 24.3 Å². The molecule has 4 rings (SSSR count). The molecule has 0 saturated carbocycles. The highest BCUT2D eigenvalue weighted by atomic mass is 35.5. The van der Waals surface area contributed by atoms with Gasteiger partial charge in [-0.25, -0.2) is 13.1 Å². The van der Waals surface area contributed by atoms with Crippen molar-refractivity contribution in [3.05, 3.63) is 58.1 Å². The van der Waals surface area contributed by atoms with Crippen LogP contribution in [0.1, 0.15) is 36.0 Å². The third-order valence-electron chi connectivity index (χ3n) is 5.32. The molecule has 1 atom stereocenters. The van der Waals surface area contributed by atoms with Gasteiger partial charge in [-0.2, -0.15) is 0 Å². The van der Waals surface area contributed by atoms with Gasteiger partial charge < -0.3 is 4.90 Å². The predicted octanol–water partition coefficient (Wildman–Crippen LogP) is 3.26. The standard InChI is InChI=1S/C20H21ClN2O3S/c1-13-18-12-17(11-15-3-2-10-23(19(15)18)20(13)24)27(25,26)22-9-8-14-4-6-16(21)7-5-14/h4-7,11-13,22H,2-3,8-10H2,1H3/t13-/m0/s1. The predicted molar refractivity (Wildman–Crippen MR) is 106 cm³/mol. The molecule has 2 aromatic rings. The van der Waals surface area contributed by atoms with E-state index in [1.165, 1.54) is 0 Å². The molecule has 0 saturated heterocycles. The fourth-order valence-electron chi connectivity index (χ4n) is 3.88. The largest absolute Gasteiger partial charge is 0.311 e. The lowest BCUT2D eigenvalue weighted by Crippen LogP contribution is -2.32. The van der Waals surface area contributed by atoms with Gasteiger partial charge in [0.2, 0.25) is 15.9 Å². The molecule has 0 unspecified atom stereocenters. The van der Waals surface area contributed by atoms with Crippen molar-refractivity contribution in [2.24, 2.45) is 0 Å². The second-order valence-corrected chi connectivity index (χ2v) is 9.31. The normalized spacial score (nSPS) is 18.7. The van der Waals surface area contributed by atoms with Crippen molar-refractivity contribution < 1.29 is 13.2 Å². The number of anilines is 1. The summed E-state index contributed by atoms with van der Waals surface area (Å²) in [5.41, 5.74) is 3.73. The van der Waals surface area contributed by atoms with Crippen LogP contribution in [-0.4, -0.2) is 27.4 Å². The number of aryl methyl sites for hydroxylation is 1. The number of rotatable bonds is 5. The number of nitrogens with zero attached hydrogens (tertiary/aromatic N) is 1. The van der Waals surface area contributed by atoms with Gasteiger partial charge in [-0.3, -0.25) is 4.79 Å². The van der Waals surface area contributed by atoms with Gasteiger partial charge in [0.1, 0.15) is 0 Å². The second kappa shape index (κ2) is 6.93. The average Bonchev–Trinajstić information content (AvgIpc) is 2.90. The van der Waals surface area contributed by atoms with Gasteiger partial charge >= 0.3 is 0 Å². The molecule has 0 aliphatic carbocycles. The van der Waals surface area contributed by atoms with E-state index in [4.69, 9.17) is 11.6 Å². The van der Waals surface area contributed by atoms with Crippen molar-refractivity contribution in [2.75, 3.05) is 18.0 Å². The zero-order valence-corrected chi connectivity index (χ0v) is 16.6. The molecule has 2 aliphatic rings. The molecule has 1 amide bonds. The maximum atomic E-state index is 12.8. The average molecular weight is 405 g/mol. The summed E-state index contributed by atoms with van der Waals surface area (Å²) in [6.45, 7) is 2.87. The first kappa shape index (κ1) is 18.5.